The fourth-order valence-corrected chi connectivity index (χ4v) is 3.07. The summed E-state index contributed by atoms with van der Waals surface area (Å²) in [5, 5.41) is 7.26. The summed E-state index contributed by atoms with van der Waals surface area (Å²) in [6.07, 6.45) is 4.70. The lowest BCUT2D eigenvalue weighted by atomic mass is 10.4. The molecule has 1 rings (SSSR count). The number of aryl methyl sites for hydroxylation is 1. The third-order valence-electron chi connectivity index (χ3n) is 2.65. The lowest BCUT2D eigenvalue weighted by Gasteiger charge is -2.10. The standard InChI is InChI=1S/C13H24N4O2S2.HI/c1-4-11-9-16-12(20-11)10-17-13(14-5-2)15-7-6-8-21(3,18)19;/h9H,4-8,10H2,1-3H3,(H2,14,15,17);1H. The first-order chi connectivity index (χ1) is 9.94. The molecule has 0 aromatic carbocycles. The number of sulfone groups is 1. The van der Waals surface area contributed by atoms with E-state index < -0.39 is 9.84 Å². The zero-order valence-electron chi connectivity index (χ0n) is 13.3. The highest BCUT2D eigenvalue weighted by atomic mass is 127. The molecule has 0 unspecified atom stereocenters. The summed E-state index contributed by atoms with van der Waals surface area (Å²) in [5.41, 5.74) is 0. The molecule has 0 saturated carbocycles. The number of nitrogens with zero attached hydrogens (tertiary/aromatic N) is 2. The second-order valence-corrected chi connectivity index (χ2v) is 8.14. The maximum absolute atomic E-state index is 11.1. The van der Waals surface area contributed by atoms with E-state index in [1.54, 1.807) is 11.3 Å². The van der Waals surface area contributed by atoms with Gasteiger partial charge in [0.2, 0.25) is 0 Å². The van der Waals surface area contributed by atoms with E-state index in [1.165, 1.54) is 11.1 Å². The lowest BCUT2D eigenvalue weighted by Crippen LogP contribution is -2.38. The quantitative estimate of drug-likeness (QED) is 0.268. The van der Waals surface area contributed by atoms with Gasteiger partial charge in [-0.2, -0.15) is 0 Å². The number of nitrogens with one attached hydrogen (secondary N) is 2. The number of rotatable bonds is 8. The summed E-state index contributed by atoms with van der Waals surface area (Å²) < 4.78 is 22.1. The molecule has 1 aromatic heterocycles. The second kappa shape index (κ2) is 11.2. The molecule has 1 aromatic rings. The molecule has 1 heterocycles. The van der Waals surface area contributed by atoms with Crippen molar-refractivity contribution in [2.24, 2.45) is 4.99 Å². The van der Waals surface area contributed by atoms with Crippen LogP contribution in [0.3, 0.4) is 0 Å². The molecule has 9 heteroatoms. The van der Waals surface area contributed by atoms with Gasteiger partial charge in [-0.15, -0.1) is 35.3 Å². The highest BCUT2D eigenvalue weighted by Gasteiger charge is 2.03. The van der Waals surface area contributed by atoms with Gasteiger partial charge in [0.15, 0.2) is 5.96 Å². The van der Waals surface area contributed by atoms with Crippen molar-refractivity contribution in [2.75, 3.05) is 25.1 Å². The molecule has 6 nitrogen and oxygen atoms in total. The first kappa shape index (κ1) is 21.6. The van der Waals surface area contributed by atoms with Gasteiger partial charge in [-0.05, 0) is 19.8 Å². The van der Waals surface area contributed by atoms with Gasteiger partial charge in [-0.25, -0.2) is 18.4 Å². The van der Waals surface area contributed by atoms with Gasteiger partial charge in [-0.1, -0.05) is 6.92 Å². The first-order valence-corrected chi connectivity index (χ1v) is 9.95. The van der Waals surface area contributed by atoms with E-state index in [4.69, 9.17) is 0 Å². The summed E-state index contributed by atoms with van der Waals surface area (Å²) in [6.45, 7) is 5.97. The van der Waals surface area contributed by atoms with Crippen molar-refractivity contribution in [3.63, 3.8) is 0 Å². The van der Waals surface area contributed by atoms with Crippen LogP contribution < -0.4 is 10.6 Å². The van der Waals surface area contributed by atoms with Crippen molar-refractivity contribution in [1.82, 2.24) is 15.6 Å². The number of halogens is 1. The summed E-state index contributed by atoms with van der Waals surface area (Å²) in [6, 6.07) is 0. The van der Waals surface area contributed by atoms with E-state index in [0.29, 0.717) is 25.5 Å². The van der Waals surface area contributed by atoms with Crippen LogP contribution in [0.2, 0.25) is 0 Å². The summed E-state index contributed by atoms with van der Waals surface area (Å²) in [7, 11) is -2.90. The summed E-state index contributed by atoms with van der Waals surface area (Å²) in [4.78, 5) is 10.0. The molecule has 0 saturated heterocycles. The highest BCUT2D eigenvalue weighted by molar-refractivity contribution is 14.0. The fraction of sp³-hybridized carbons (Fsp3) is 0.692. The van der Waals surface area contributed by atoms with Crippen LogP contribution in [-0.4, -0.2) is 44.5 Å². The average Bonchev–Trinajstić information content (AvgIpc) is 2.87. The van der Waals surface area contributed by atoms with E-state index in [0.717, 1.165) is 18.0 Å². The molecular weight excluding hydrogens is 435 g/mol. The van der Waals surface area contributed by atoms with Crippen LogP contribution in [0.15, 0.2) is 11.2 Å². The molecule has 0 radical (unpaired) electrons. The van der Waals surface area contributed by atoms with Crippen LogP contribution >= 0.6 is 35.3 Å². The van der Waals surface area contributed by atoms with Gasteiger partial charge in [0.25, 0.3) is 0 Å². The van der Waals surface area contributed by atoms with Gasteiger partial charge in [0.1, 0.15) is 14.8 Å². The maximum Gasteiger partial charge on any atom is 0.191 e. The van der Waals surface area contributed by atoms with Crippen molar-refractivity contribution in [3.8, 4) is 0 Å². The van der Waals surface area contributed by atoms with E-state index in [1.807, 2.05) is 13.1 Å². The Morgan fingerprint density at radius 2 is 2.09 bits per heavy atom. The van der Waals surface area contributed by atoms with Crippen LogP contribution in [-0.2, 0) is 22.8 Å². The third kappa shape index (κ3) is 9.57. The minimum absolute atomic E-state index is 0. The van der Waals surface area contributed by atoms with Crippen LogP contribution in [0.25, 0.3) is 0 Å². The van der Waals surface area contributed by atoms with Crippen molar-refractivity contribution >= 4 is 51.1 Å². The zero-order valence-corrected chi connectivity index (χ0v) is 17.2. The van der Waals surface area contributed by atoms with Crippen molar-refractivity contribution in [1.29, 1.82) is 0 Å². The number of hydrogen-bond donors (Lipinski definition) is 2. The highest BCUT2D eigenvalue weighted by Crippen LogP contribution is 2.13. The SMILES string of the molecule is CCNC(=NCc1ncc(CC)s1)NCCCS(C)(=O)=O.I. The van der Waals surface area contributed by atoms with Gasteiger partial charge in [-0.3, -0.25) is 0 Å². The average molecular weight is 460 g/mol. The Morgan fingerprint density at radius 3 is 2.64 bits per heavy atom. The Kier molecular flexibility index (Phi) is 11.0. The van der Waals surface area contributed by atoms with Gasteiger partial charge in [0.05, 0.1) is 12.3 Å². The van der Waals surface area contributed by atoms with Crippen LogP contribution in [0.4, 0.5) is 0 Å². The predicted octanol–water partition coefficient (Wildman–Crippen LogP) is 1.81. The molecular formula is C13H25IN4O2S2. The fourth-order valence-electron chi connectivity index (χ4n) is 1.61. The molecule has 22 heavy (non-hydrogen) atoms. The van der Waals surface area contributed by atoms with Crippen LogP contribution in [0.1, 0.15) is 30.2 Å². The summed E-state index contributed by atoms with van der Waals surface area (Å²) >= 11 is 1.67. The lowest BCUT2D eigenvalue weighted by molar-refractivity contribution is 0.598. The minimum atomic E-state index is -2.90. The topological polar surface area (TPSA) is 83.4 Å². The predicted molar refractivity (Wildman–Crippen MR) is 104 cm³/mol. The molecule has 128 valence electrons. The van der Waals surface area contributed by atoms with Crippen molar-refractivity contribution < 1.29 is 8.42 Å². The number of hydrogen-bond acceptors (Lipinski definition) is 5. The first-order valence-electron chi connectivity index (χ1n) is 7.08. The molecule has 0 atom stereocenters. The molecule has 0 spiro atoms. The third-order valence-corrected chi connectivity index (χ3v) is 4.81. The Labute approximate surface area is 154 Å². The molecule has 0 fully saturated rings. The van der Waals surface area contributed by atoms with Gasteiger partial charge < -0.3 is 10.6 Å². The Morgan fingerprint density at radius 1 is 1.36 bits per heavy atom. The molecule has 2 N–H and O–H groups in total. The van der Waals surface area contributed by atoms with Crippen LogP contribution in [0, 0.1) is 0 Å². The zero-order chi connectivity index (χ0) is 15.7. The maximum atomic E-state index is 11.1. The Bertz CT molecular complexity index is 558. The number of guanidine groups is 1. The monoisotopic (exact) mass is 460 g/mol. The molecule has 0 amide bonds. The van der Waals surface area contributed by atoms with Gasteiger partial charge >= 0.3 is 0 Å². The van der Waals surface area contributed by atoms with E-state index in [9.17, 15) is 8.42 Å². The molecule has 0 aliphatic carbocycles. The minimum Gasteiger partial charge on any atom is -0.357 e. The Balaban J connectivity index is 0.00000441. The van der Waals surface area contributed by atoms with E-state index >= 15 is 0 Å². The number of aromatic nitrogens is 1. The normalized spacial score (nSPS) is 11.9. The van der Waals surface area contributed by atoms with E-state index in [2.05, 4.69) is 27.5 Å². The molecule has 0 aliphatic heterocycles. The van der Waals surface area contributed by atoms with Crippen LogP contribution in [0.5, 0.6) is 0 Å². The summed E-state index contributed by atoms with van der Waals surface area (Å²) in [5.74, 6) is 0.880. The van der Waals surface area contributed by atoms with E-state index in [-0.39, 0.29) is 29.7 Å². The number of aliphatic imine (C=N–C) groups is 1. The molecule has 0 bridgehead atoms. The van der Waals surface area contributed by atoms with Crippen molar-refractivity contribution in [2.45, 2.75) is 33.2 Å². The smallest absolute Gasteiger partial charge is 0.191 e. The number of thiazole rings is 1. The van der Waals surface area contributed by atoms with Gasteiger partial charge in [0, 0.05) is 30.4 Å². The Hall–Kier alpha value is -0.420. The second-order valence-electron chi connectivity index (χ2n) is 4.68. The van der Waals surface area contributed by atoms with Crippen molar-refractivity contribution in [3.05, 3.63) is 16.1 Å². The molecule has 0 aliphatic rings. The largest absolute Gasteiger partial charge is 0.357 e.